The number of fused-ring (bicyclic) bond motifs is 1. The standard InChI is InChI=1S/C32H30ClF3N4O4S2/c33-23-11-18(24(34)14-25(23)38-30(44)22-17-45-27-4-2-1-3-21(22)27)12-28(41)40-16-19(39-9-7-32(35,36)8-10-39)13-26(40)31-37-15-20(46-31)5-6-29(42)43/h1-4,11,14-15,17,19,26H,5-10,12-13,16H2,(H,38,44)(H,42,43)/t19-,26-/m0/s1. The number of carbonyl (C=O) groups is 3. The van der Waals surface area contributed by atoms with Gasteiger partial charge in [0.15, 0.2) is 0 Å². The van der Waals surface area contributed by atoms with Crippen molar-refractivity contribution in [2.24, 2.45) is 0 Å². The third kappa shape index (κ3) is 7.07. The quantitative estimate of drug-likeness (QED) is 0.196. The fourth-order valence-electron chi connectivity index (χ4n) is 6.05. The van der Waals surface area contributed by atoms with Gasteiger partial charge in [0.05, 0.1) is 35.2 Å². The van der Waals surface area contributed by atoms with E-state index in [1.807, 2.05) is 29.2 Å². The number of amides is 2. The van der Waals surface area contributed by atoms with E-state index >= 15 is 4.39 Å². The van der Waals surface area contributed by atoms with Crippen LogP contribution in [0.25, 0.3) is 10.1 Å². The second-order valence-electron chi connectivity index (χ2n) is 11.6. The first-order chi connectivity index (χ1) is 22.0. The first kappa shape index (κ1) is 32.4. The number of aromatic nitrogens is 1. The van der Waals surface area contributed by atoms with E-state index in [1.54, 1.807) is 16.5 Å². The van der Waals surface area contributed by atoms with Crippen LogP contribution in [-0.4, -0.2) is 69.3 Å². The summed E-state index contributed by atoms with van der Waals surface area (Å²) < 4.78 is 44.1. The molecule has 4 aromatic rings. The first-order valence-electron chi connectivity index (χ1n) is 14.8. The molecular weight excluding hydrogens is 661 g/mol. The summed E-state index contributed by atoms with van der Waals surface area (Å²) in [6.07, 6.45) is 1.49. The van der Waals surface area contributed by atoms with Crippen LogP contribution in [0.4, 0.5) is 18.9 Å². The molecule has 0 radical (unpaired) electrons. The van der Waals surface area contributed by atoms with Crippen molar-refractivity contribution in [2.75, 3.05) is 25.0 Å². The zero-order valence-electron chi connectivity index (χ0n) is 24.5. The molecule has 4 heterocycles. The van der Waals surface area contributed by atoms with Crippen molar-refractivity contribution in [1.29, 1.82) is 0 Å². The number of anilines is 1. The van der Waals surface area contributed by atoms with Crippen LogP contribution in [0.2, 0.25) is 5.02 Å². The number of likely N-dealkylation sites (tertiary alicyclic amines) is 2. The van der Waals surface area contributed by atoms with E-state index in [9.17, 15) is 23.2 Å². The fraction of sp³-hybridized carbons (Fsp3) is 0.375. The van der Waals surface area contributed by atoms with Crippen molar-refractivity contribution in [1.82, 2.24) is 14.8 Å². The van der Waals surface area contributed by atoms with E-state index in [2.05, 4.69) is 10.3 Å². The number of piperidine rings is 1. The van der Waals surface area contributed by atoms with Crippen molar-refractivity contribution in [3.05, 3.63) is 79.8 Å². The topological polar surface area (TPSA) is 103 Å². The van der Waals surface area contributed by atoms with Crippen LogP contribution in [0.5, 0.6) is 0 Å². The summed E-state index contributed by atoms with van der Waals surface area (Å²) in [4.78, 5) is 46.7. The molecule has 2 saturated heterocycles. The van der Waals surface area contributed by atoms with Crippen LogP contribution >= 0.6 is 34.3 Å². The highest BCUT2D eigenvalue weighted by Gasteiger charge is 2.43. The van der Waals surface area contributed by atoms with Gasteiger partial charge in [-0.15, -0.1) is 22.7 Å². The van der Waals surface area contributed by atoms with Gasteiger partial charge in [0.25, 0.3) is 11.8 Å². The second-order valence-corrected chi connectivity index (χ2v) is 14.1. The Balaban J connectivity index is 1.19. The van der Waals surface area contributed by atoms with Crippen LogP contribution in [0, 0.1) is 5.82 Å². The maximum Gasteiger partial charge on any atom is 0.303 e. The van der Waals surface area contributed by atoms with E-state index in [0.717, 1.165) is 21.0 Å². The molecular formula is C32H30ClF3N4O4S2. The Morgan fingerprint density at radius 2 is 1.91 bits per heavy atom. The minimum atomic E-state index is -2.71. The lowest BCUT2D eigenvalue weighted by molar-refractivity contribution is -0.137. The Morgan fingerprint density at radius 1 is 1.15 bits per heavy atom. The Bertz CT molecular complexity index is 1790. The maximum absolute atomic E-state index is 15.4. The lowest BCUT2D eigenvalue weighted by Crippen LogP contribution is -2.46. The molecule has 2 atom stereocenters. The summed E-state index contributed by atoms with van der Waals surface area (Å²) in [5.74, 6) is -5.17. The van der Waals surface area contributed by atoms with Gasteiger partial charge in [-0.2, -0.15) is 0 Å². The van der Waals surface area contributed by atoms with E-state index in [0.29, 0.717) is 23.4 Å². The molecule has 6 rings (SSSR count). The highest BCUT2D eigenvalue weighted by Crippen LogP contribution is 2.39. The number of alkyl halides is 2. The maximum atomic E-state index is 15.4. The zero-order chi connectivity index (χ0) is 32.6. The lowest BCUT2D eigenvalue weighted by Gasteiger charge is -2.35. The molecule has 2 N–H and O–H groups in total. The minimum absolute atomic E-state index is 0.0510. The summed E-state index contributed by atoms with van der Waals surface area (Å²) in [5, 5.41) is 14.9. The van der Waals surface area contributed by atoms with Gasteiger partial charge in [0.1, 0.15) is 10.8 Å². The molecule has 46 heavy (non-hydrogen) atoms. The second kappa shape index (κ2) is 13.3. The predicted octanol–water partition coefficient (Wildman–Crippen LogP) is 7.04. The zero-order valence-corrected chi connectivity index (χ0v) is 26.9. The number of aryl methyl sites for hydroxylation is 1. The molecule has 0 spiro atoms. The molecule has 14 heteroatoms. The van der Waals surface area contributed by atoms with Gasteiger partial charge in [-0.05, 0) is 36.6 Å². The molecule has 2 aromatic carbocycles. The van der Waals surface area contributed by atoms with E-state index in [4.69, 9.17) is 16.7 Å². The largest absolute Gasteiger partial charge is 0.481 e. The third-order valence-electron chi connectivity index (χ3n) is 8.54. The highest BCUT2D eigenvalue weighted by molar-refractivity contribution is 7.17. The van der Waals surface area contributed by atoms with Gasteiger partial charge >= 0.3 is 5.97 Å². The molecule has 0 saturated carbocycles. The number of benzene rings is 2. The van der Waals surface area contributed by atoms with Crippen LogP contribution in [0.1, 0.15) is 57.5 Å². The molecule has 2 aromatic heterocycles. The van der Waals surface area contributed by atoms with Crippen molar-refractivity contribution in [3.8, 4) is 0 Å². The molecule has 2 fully saturated rings. The van der Waals surface area contributed by atoms with E-state index in [-0.39, 0.29) is 73.5 Å². The number of aliphatic carboxylic acids is 1. The van der Waals surface area contributed by atoms with Gasteiger partial charge in [-0.25, -0.2) is 18.2 Å². The van der Waals surface area contributed by atoms with Crippen LogP contribution in [0.15, 0.2) is 48.0 Å². The summed E-state index contributed by atoms with van der Waals surface area (Å²) in [6, 6.07) is 9.22. The van der Waals surface area contributed by atoms with Crippen molar-refractivity contribution >= 4 is 67.8 Å². The van der Waals surface area contributed by atoms with Gasteiger partial charge in [0, 0.05) is 65.1 Å². The van der Waals surface area contributed by atoms with Crippen molar-refractivity contribution < 1.29 is 32.7 Å². The van der Waals surface area contributed by atoms with Crippen LogP contribution < -0.4 is 5.32 Å². The van der Waals surface area contributed by atoms with Crippen LogP contribution in [-0.2, 0) is 22.4 Å². The number of thiazole rings is 1. The monoisotopic (exact) mass is 690 g/mol. The van der Waals surface area contributed by atoms with Gasteiger partial charge in [-0.1, -0.05) is 29.8 Å². The average Bonchev–Trinajstić information content (AvgIpc) is 3.77. The third-order valence-corrected chi connectivity index (χ3v) is 11.0. The van der Waals surface area contributed by atoms with Gasteiger partial charge in [0.2, 0.25) is 5.91 Å². The molecule has 242 valence electrons. The van der Waals surface area contributed by atoms with E-state index in [1.165, 1.54) is 28.7 Å². The summed E-state index contributed by atoms with van der Waals surface area (Å²) in [7, 11) is 0. The molecule has 2 aliphatic heterocycles. The van der Waals surface area contributed by atoms with Crippen LogP contribution in [0.3, 0.4) is 0 Å². The number of carboxylic acids is 1. The first-order valence-corrected chi connectivity index (χ1v) is 16.9. The number of hydrogen-bond donors (Lipinski definition) is 2. The normalized spacial score (nSPS) is 19.9. The van der Waals surface area contributed by atoms with Gasteiger partial charge in [-0.3, -0.25) is 19.3 Å². The molecule has 8 nitrogen and oxygen atoms in total. The number of rotatable bonds is 9. The fourth-order valence-corrected chi connectivity index (χ4v) is 8.27. The number of thiophene rings is 1. The summed E-state index contributed by atoms with van der Waals surface area (Å²) in [5.41, 5.74) is 0.570. The number of hydrogen-bond acceptors (Lipinski definition) is 7. The number of nitrogens with zero attached hydrogens (tertiary/aromatic N) is 3. The molecule has 0 unspecified atom stereocenters. The Labute approximate surface area is 275 Å². The minimum Gasteiger partial charge on any atom is -0.481 e. The molecule has 0 bridgehead atoms. The number of carboxylic acid groups (broad SMARTS) is 1. The average molecular weight is 691 g/mol. The Kier molecular flexibility index (Phi) is 9.38. The smallest absolute Gasteiger partial charge is 0.303 e. The SMILES string of the molecule is O=C(O)CCc1cnc([C@@H]2C[C@H](N3CCC(F)(F)CC3)CN2C(=O)Cc2cc(Cl)c(NC(=O)c3csc4ccccc34)cc2F)s1. The van der Waals surface area contributed by atoms with Gasteiger partial charge < -0.3 is 15.3 Å². The molecule has 2 amide bonds. The van der Waals surface area contributed by atoms with Crippen molar-refractivity contribution in [3.63, 3.8) is 0 Å². The number of halogens is 4. The number of nitrogens with one attached hydrogen (secondary N) is 1. The van der Waals surface area contributed by atoms with E-state index < -0.39 is 29.7 Å². The lowest BCUT2D eigenvalue weighted by atomic mass is 10.0. The summed E-state index contributed by atoms with van der Waals surface area (Å²) in [6.45, 7) is 0.663. The Hall–Kier alpha value is -3.52. The molecule has 2 aliphatic rings. The number of carbonyl (C=O) groups excluding carboxylic acids is 2. The summed E-state index contributed by atoms with van der Waals surface area (Å²) >= 11 is 9.21. The predicted molar refractivity (Wildman–Crippen MR) is 172 cm³/mol. The highest BCUT2D eigenvalue weighted by atomic mass is 35.5. The van der Waals surface area contributed by atoms with Crippen molar-refractivity contribution in [2.45, 2.75) is 56.5 Å². The molecule has 0 aliphatic carbocycles. The Morgan fingerprint density at radius 3 is 2.67 bits per heavy atom.